The monoisotopic (exact) mass is 150 g/mol. The molecule has 50 valence electrons. The van der Waals surface area contributed by atoms with Crippen LogP contribution in [0.3, 0.4) is 0 Å². The molecule has 0 spiro atoms. The zero-order valence-electron chi connectivity index (χ0n) is 3.63. The minimum atomic E-state index is -4.43. The van der Waals surface area contributed by atoms with Crippen molar-refractivity contribution in [1.82, 2.24) is 0 Å². The van der Waals surface area contributed by atoms with Crippen LogP contribution in [-0.2, 0) is 0 Å². The minimum absolute atomic E-state index is 0. The van der Waals surface area contributed by atoms with Crippen LogP contribution in [-0.4, -0.2) is 6.18 Å². The first-order chi connectivity index (χ1) is 2.94. The molecule has 0 aliphatic heterocycles. The maximum Gasteiger partial charge on any atom is 0.426 e. The molecule has 0 amide bonds. The van der Waals surface area contributed by atoms with Crippen LogP contribution in [0.5, 0.6) is 0 Å². The van der Waals surface area contributed by atoms with Crippen molar-refractivity contribution in [3.8, 4) is 0 Å². The van der Waals surface area contributed by atoms with E-state index >= 15 is 0 Å². The summed E-state index contributed by atoms with van der Waals surface area (Å²) in [6.07, 6.45) is -4.43. The van der Waals surface area contributed by atoms with Gasteiger partial charge in [0.2, 0.25) is 0 Å². The highest BCUT2D eigenvalue weighted by molar-refractivity contribution is 6.29. The van der Waals surface area contributed by atoms with Gasteiger partial charge in [-0.05, 0) is 0 Å². The Balaban J connectivity index is 0. The maximum absolute atomic E-state index is 10.9. The predicted molar refractivity (Wildman–Crippen MR) is 23.6 cm³/mol. The van der Waals surface area contributed by atoms with Crippen molar-refractivity contribution in [2.45, 2.75) is 6.18 Å². The topological polar surface area (TPSA) is 0 Å². The lowest BCUT2D eigenvalue weighted by molar-refractivity contribution is -0.0841. The Kier molecular flexibility index (Phi) is 3.89. The summed E-state index contributed by atoms with van der Waals surface area (Å²) < 4.78 is 32.8. The lowest BCUT2D eigenvalue weighted by Crippen LogP contribution is -2.04. The fourth-order valence-corrected chi connectivity index (χ4v) is 0. The van der Waals surface area contributed by atoms with Gasteiger partial charge in [0, 0.05) is 0 Å². The molecule has 0 aromatic heterocycles. The van der Waals surface area contributed by atoms with Gasteiger partial charge in [-0.15, -0.1) is 0 Å². The second kappa shape index (κ2) is 2.91. The van der Waals surface area contributed by atoms with Gasteiger partial charge in [-0.2, -0.15) is 13.2 Å². The summed E-state index contributed by atoms with van der Waals surface area (Å²) >= 11 is 4.43. The molecule has 0 heterocycles. The van der Waals surface area contributed by atoms with E-state index in [1.165, 1.54) is 0 Å². The van der Waals surface area contributed by atoms with Gasteiger partial charge in [-0.1, -0.05) is 18.2 Å². The summed E-state index contributed by atoms with van der Waals surface area (Å²) in [5.74, 6) is 0. The van der Waals surface area contributed by atoms with E-state index in [0.29, 0.717) is 0 Å². The van der Waals surface area contributed by atoms with Crippen LogP contribution in [0, 0.1) is 0 Å². The molecule has 0 unspecified atom stereocenters. The van der Waals surface area contributed by atoms with E-state index < -0.39 is 11.2 Å². The second-order valence-electron chi connectivity index (χ2n) is 0.903. The highest BCUT2D eigenvalue weighted by Gasteiger charge is 2.30. The first-order valence-electron chi connectivity index (χ1n) is 1.36. The number of allylic oxidation sites excluding steroid dienone is 1. The molecule has 0 nitrogen and oxygen atoms in total. The van der Waals surface area contributed by atoms with E-state index in [2.05, 4.69) is 18.2 Å². The molecule has 0 rings (SSSR count). The molecule has 0 aromatic carbocycles. The number of hydrogen-bond donors (Lipinski definition) is 0. The lowest BCUT2D eigenvalue weighted by atomic mass is 10.6. The summed E-state index contributed by atoms with van der Waals surface area (Å²) in [5, 5.41) is -1.28. The van der Waals surface area contributed by atoms with Crippen LogP contribution < -0.4 is 0 Å². The molecule has 0 bridgehead atoms. The molecule has 8 heavy (non-hydrogen) atoms. The molecule has 0 aliphatic carbocycles. The lowest BCUT2D eigenvalue weighted by Gasteiger charge is -1.98. The molecule has 5 heteroatoms. The molecular weight excluding hydrogens is 147 g/mol. The number of rotatable bonds is 0. The summed E-state index contributed by atoms with van der Waals surface area (Å²) in [5.41, 5.74) is 0. The van der Waals surface area contributed by atoms with Gasteiger partial charge < -0.3 is 0 Å². The Hall–Kier alpha value is -0.250. The van der Waals surface area contributed by atoms with Gasteiger partial charge in [-0.3, -0.25) is 4.70 Å². The third-order valence-corrected chi connectivity index (χ3v) is 0.522. The molecule has 0 saturated heterocycles. The van der Waals surface area contributed by atoms with Crippen LogP contribution >= 0.6 is 11.6 Å². The van der Waals surface area contributed by atoms with Crippen LogP contribution in [0.15, 0.2) is 11.6 Å². The van der Waals surface area contributed by atoms with Gasteiger partial charge in [0.05, 0.1) is 0 Å². The molecule has 0 aromatic rings. The van der Waals surface area contributed by atoms with Crippen LogP contribution in [0.4, 0.5) is 17.9 Å². The van der Waals surface area contributed by atoms with Crippen molar-refractivity contribution in [1.29, 1.82) is 0 Å². The van der Waals surface area contributed by atoms with Crippen molar-refractivity contribution in [2.75, 3.05) is 0 Å². The van der Waals surface area contributed by atoms with E-state index in [0.717, 1.165) is 0 Å². The number of hydrogen-bond acceptors (Lipinski definition) is 0. The van der Waals surface area contributed by atoms with Crippen LogP contribution in [0.25, 0.3) is 0 Å². The smallest absolute Gasteiger partial charge is 0.269 e. The zero-order valence-corrected chi connectivity index (χ0v) is 4.38. The average molecular weight is 151 g/mol. The summed E-state index contributed by atoms with van der Waals surface area (Å²) in [4.78, 5) is 0. The molecule has 0 N–H and O–H groups in total. The normalized spacial score (nSPS) is 10.0. The summed E-state index contributed by atoms with van der Waals surface area (Å²) in [7, 11) is 0. The SMILES string of the molecule is C=C(Cl)C(F)(F)F.F. The third kappa shape index (κ3) is 3.92. The second-order valence-corrected chi connectivity index (χ2v) is 1.36. The average Bonchev–Trinajstić information content (AvgIpc) is 1.31. The fourth-order valence-electron chi connectivity index (χ4n) is 0. The summed E-state index contributed by atoms with van der Waals surface area (Å²) in [6.45, 7) is 2.47. The molecular formula is C3H3ClF4. The Morgan fingerprint density at radius 1 is 1.38 bits per heavy atom. The molecule has 0 radical (unpaired) electrons. The van der Waals surface area contributed by atoms with Crippen molar-refractivity contribution < 1.29 is 17.9 Å². The number of halogens is 5. The van der Waals surface area contributed by atoms with E-state index in [4.69, 9.17) is 0 Å². The Bertz CT molecular complexity index is 83.8. The van der Waals surface area contributed by atoms with Crippen LogP contribution in [0.2, 0.25) is 0 Å². The minimum Gasteiger partial charge on any atom is -0.269 e. The number of alkyl halides is 3. The highest BCUT2D eigenvalue weighted by Crippen LogP contribution is 2.26. The van der Waals surface area contributed by atoms with E-state index in [1.807, 2.05) is 0 Å². The molecule has 0 aliphatic rings. The van der Waals surface area contributed by atoms with Crippen molar-refractivity contribution in [2.24, 2.45) is 0 Å². The van der Waals surface area contributed by atoms with Crippen LogP contribution in [0.1, 0.15) is 0 Å². The predicted octanol–water partition coefficient (Wildman–Crippen LogP) is 2.45. The third-order valence-electron chi connectivity index (χ3n) is 0.308. The fraction of sp³-hybridized carbons (Fsp3) is 0.333. The Labute approximate surface area is 48.3 Å². The molecule has 0 fully saturated rings. The standard InChI is InChI=1S/C3H2ClF3.FH/c1-2(4)3(5,6)7;/h1H2;1H. The van der Waals surface area contributed by atoms with Crippen molar-refractivity contribution in [3.05, 3.63) is 11.6 Å². The van der Waals surface area contributed by atoms with Gasteiger partial charge in [0.15, 0.2) is 0 Å². The van der Waals surface area contributed by atoms with Gasteiger partial charge in [0.1, 0.15) is 5.03 Å². The Morgan fingerprint density at radius 3 is 1.50 bits per heavy atom. The largest absolute Gasteiger partial charge is 0.426 e. The quantitative estimate of drug-likeness (QED) is 0.466. The molecule has 0 atom stereocenters. The highest BCUT2D eigenvalue weighted by atomic mass is 35.5. The van der Waals surface area contributed by atoms with Gasteiger partial charge in [0.25, 0.3) is 0 Å². The van der Waals surface area contributed by atoms with Crippen molar-refractivity contribution >= 4 is 11.6 Å². The van der Waals surface area contributed by atoms with E-state index in [-0.39, 0.29) is 4.70 Å². The summed E-state index contributed by atoms with van der Waals surface area (Å²) in [6, 6.07) is 0. The maximum atomic E-state index is 10.9. The Morgan fingerprint density at radius 2 is 1.50 bits per heavy atom. The molecule has 0 saturated carbocycles. The van der Waals surface area contributed by atoms with Crippen molar-refractivity contribution in [3.63, 3.8) is 0 Å². The van der Waals surface area contributed by atoms with E-state index in [1.54, 1.807) is 0 Å². The first-order valence-corrected chi connectivity index (χ1v) is 1.74. The van der Waals surface area contributed by atoms with Gasteiger partial charge >= 0.3 is 6.18 Å². The van der Waals surface area contributed by atoms with Gasteiger partial charge in [-0.25, -0.2) is 0 Å². The zero-order chi connectivity index (χ0) is 6.08. The van der Waals surface area contributed by atoms with E-state index in [9.17, 15) is 13.2 Å². The first kappa shape index (κ1) is 10.7.